The summed E-state index contributed by atoms with van der Waals surface area (Å²) in [5, 5.41) is 4.24. The number of nitrogens with zero attached hydrogens (tertiary/aromatic N) is 1. The molecule has 2 aromatic rings. The van der Waals surface area contributed by atoms with Gasteiger partial charge in [-0.25, -0.2) is 0 Å². The molecule has 1 aromatic heterocycles. The molecule has 0 fully saturated rings. The van der Waals surface area contributed by atoms with E-state index >= 15 is 0 Å². The zero-order valence-electron chi connectivity index (χ0n) is 13.1. The topological polar surface area (TPSA) is 26.2 Å². The van der Waals surface area contributed by atoms with E-state index in [2.05, 4.69) is 49.0 Å². The number of benzene rings is 1. The fourth-order valence-corrected chi connectivity index (χ4v) is 2.37. The Hall–Kier alpha value is -1.45. The third-order valence-corrected chi connectivity index (χ3v) is 3.54. The minimum absolute atomic E-state index is 0.100. The second-order valence-electron chi connectivity index (χ2n) is 6.19. The van der Waals surface area contributed by atoms with Crippen molar-refractivity contribution in [1.82, 2.24) is 9.88 Å². The Morgan fingerprint density at radius 3 is 2.67 bits per heavy atom. The first-order valence-electron chi connectivity index (χ1n) is 7.10. The Morgan fingerprint density at radius 2 is 2.00 bits per heavy atom. The molecule has 2 rings (SSSR count). The van der Waals surface area contributed by atoms with E-state index in [4.69, 9.17) is 16.3 Å². The molecule has 0 spiro atoms. The van der Waals surface area contributed by atoms with Crippen LogP contribution in [0.4, 0.5) is 0 Å². The normalized spacial score (nSPS) is 11.7. The molecular weight excluding hydrogens is 284 g/mol. The van der Waals surface area contributed by atoms with Gasteiger partial charge >= 0.3 is 0 Å². The lowest BCUT2D eigenvalue weighted by Gasteiger charge is -2.21. The summed E-state index contributed by atoms with van der Waals surface area (Å²) in [6, 6.07) is 9.92. The van der Waals surface area contributed by atoms with Gasteiger partial charge in [0.2, 0.25) is 0 Å². The molecule has 0 unspecified atom stereocenters. The molecule has 0 aliphatic heterocycles. The SMILES string of the molecule is COc1ccc(Cl)cc1Cn1cccc1CNC(C)(C)C. The fraction of sp³-hybridized carbons (Fsp3) is 0.412. The van der Waals surface area contributed by atoms with Crippen molar-refractivity contribution in [3.63, 3.8) is 0 Å². The van der Waals surface area contributed by atoms with Crippen molar-refractivity contribution < 1.29 is 4.74 Å². The molecule has 0 saturated heterocycles. The van der Waals surface area contributed by atoms with Crippen molar-refractivity contribution in [1.29, 1.82) is 0 Å². The van der Waals surface area contributed by atoms with Gasteiger partial charge in [0.25, 0.3) is 0 Å². The van der Waals surface area contributed by atoms with Gasteiger partial charge in [-0.1, -0.05) is 11.6 Å². The summed E-state index contributed by atoms with van der Waals surface area (Å²) in [5.41, 5.74) is 2.42. The zero-order chi connectivity index (χ0) is 15.5. The molecule has 3 nitrogen and oxygen atoms in total. The van der Waals surface area contributed by atoms with Crippen LogP contribution in [-0.2, 0) is 13.1 Å². The number of hydrogen-bond acceptors (Lipinski definition) is 2. The summed E-state index contributed by atoms with van der Waals surface area (Å²) in [6.45, 7) is 8.08. The van der Waals surface area contributed by atoms with Gasteiger partial charge in [-0.05, 0) is 51.1 Å². The van der Waals surface area contributed by atoms with E-state index in [9.17, 15) is 0 Å². The summed E-state index contributed by atoms with van der Waals surface area (Å²) in [7, 11) is 1.68. The van der Waals surface area contributed by atoms with E-state index in [1.807, 2.05) is 18.2 Å². The lowest BCUT2D eigenvalue weighted by molar-refractivity contribution is 0.405. The smallest absolute Gasteiger partial charge is 0.123 e. The highest BCUT2D eigenvalue weighted by atomic mass is 35.5. The highest BCUT2D eigenvalue weighted by Crippen LogP contribution is 2.24. The number of nitrogens with one attached hydrogen (secondary N) is 1. The Bertz CT molecular complexity index is 599. The number of methoxy groups -OCH3 is 1. The summed E-state index contributed by atoms with van der Waals surface area (Å²) >= 11 is 6.10. The van der Waals surface area contributed by atoms with Crippen LogP contribution in [0, 0.1) is 0 Å². The third kappa shape index (κ3) is 4.51. The molecule has 0 atom stereocenters. The van der Waals surface area contributed by atoms with Crippen LogP contribution in [0.15, 0.2) is 36.5 Å². The highest BCUT2D eigenvalue weighted by molar-refractivity contribution is 6.30. The summed E-state index contributed by atoms with van der Waals surface area (Å²) < 4.78 is 7.63. The molecular formula is C17H23ClN2O. The Morgan fingerprint density at radius 1 is 1.24 bits per heavy atom. The first kappa shape index (κ1) is 15.9. The first-order chi connectivity index (χ1) is 9.89. The average molecular weight is 307 g/mol. The van der Waals surface area contributed by atoms with Crippen molar-refractivity contribution >= 4 is 11.6 Å². The molecule has 1 heterocycles. The second-order valence-corrected chi connectivity index (χ2v) is 6.62. The van der Waals surface area contributed by atoms with Crippen molar-refractivity contribution in [3.05, 3.63) is 52.8 Å². The van der Waals surface area contributed by atoms with Gasteiger partial charge < -0.3 is 14.6 Å². The van der Waals surface area contributed by atoms with Crippen LogP contribution in [0.25, 0.3) is 0 Å². The minimum atomic E-state index is 0.100. The van der Waals surface area contributed by atoms with Crippen molar-refractivity contribution in [2.75, 3.05) is 7.11 Å². The summed E-state index contributed by atoms with van der Waals surface area (Å²) in [6.07, 6.45) is 2.08. The monoisotopic (exact) mass is 306 g/mol. The fourth-order valence-electron chi connectivity index (χ4n) is 2.17. The van der Waals surface area contributed by atoms with Gasteiger partial charge in [-0.15, -0.1) is 0 Å². The van der Waals surface area contributed by atoms with Gasteiger partial charge in [-0.2, -0.15) is 0 Å². The van der Waals surface area contributed by atoms with Gasteiger partial charge in [-0.3, -0.25) is 0 Å². The van der Waals surface area contributed by atoms with E-state index in [1.54, 1.807) is 7.11 Å². The molecule has 21 heavy (non-hydrogen) atoms. The Kier molecular flexibility index (Phi) is 4.96. The van der Waals surface area contributed by atoms with E-state index in [1.165, 1.54) is 5.69 Å². The molecule has 1 N–H and O–H groups in total. The predicted molar refractivity (Wildman–Crippen MR) is 88.1 cm³/mol. The van der Waals surface area contributed by atoms with Gasteiger partial charge in [0.15, 0.2) is 0 Å². The average Bonchev–Trinajstić information content (AvgIpc) is 2.83. The summed E-state index contributed by atoms with van der Waals surface area (Å²) in [5.74, 6) is 0.864. The maximum atomic E-state index is 6.10. The maximum Gasteiger partial charge on any atom is 0.123 e. The molecule has 0 radical (unpaired) electrons. The van der Waals surface area contributed by atoms with E-state index in [0.29, 0.717) is 0 Å². The van der Waals surface area contributed by atoms with Crippen molar-refractivity contribution in [3.8, 4) is 5.75 Å². The lowest BCUT2D eigenvalue weighted by atomic mass is 10.1. The summed E-state index contributed by atoms with van der Waals surface area (Å²) in [4.78, 5) is 0. The van der Waals surface area contributed by atoms with Crippen molar-refractivity contribution in [2.24, 2.45) is 0 Å². The largest absolute Gasteiger partial charge is 0.496 e. The number of rotatable bonds is 5. The number of ether oxygens (including phenoxy) is 1. The molecule has 0 amide bonds. The molecule has 4 heteroatoms. The highest BCUT2D eigenvalue weighted by Gasteiger charge is 2.11. The van der Waals surface area contributed by atoms with Crippen LogP contribution < -0.4 is 10.1 Å². The minimum Gasteiger partial charge on any atom is -0.496 e. The van der Waals surface area contributed by atoms with Crippen LogP contribution in [0.3, 0.4) is 0 Å². The Balaban J connectivity index is 2.17. The second kappa shape index (κ2) is 6.54. The first-order valence-corrected chi connectivity index (χ1v) is 7.48. The van der Waals surface area contributed by atoms with Gasteiger partial charge in [0.1, 0.15) is 5.75 Å². The molecule has 0 bridgehead atoms. The molecule has 114 valence electrons. The number of halogens is 1. The van der Waals surface area contributed by atoms with Crippen LogP contribution in [0.1, 0.15) is 32.0 Å². The lowest BCUT2D eigenvalue weighted by Crippen LogP contribution is -2.35. The van der Waals surface area contributed by atoms with Gasteiger partial charge in [0.05, 0.1) is 13.7 Å². The molecule has 1 aromatic carbocycles. The van der Waals surface area contributed by atoms with Gasteiger partial charge in [0, 0.05) is 34.6 Å². The maximum absolute atomic E-state index is 6.10. The molecule has 0 aliphatic rings. The number of aromatic nitrogens is 1. The zero-order valence-corrected chi connectivity index (χ0v) is 13.9. The van der Waals surface area contributed by atoms with Crippen LogP contribution in [0.2, 0.25) is 5.02 Å². The van der Waals surface area contributed by atoms with Crippen LogP contribution in [0.5, 0.6) is 5.75 Å². The molecule has 0 aliphatic carbocycles. The Labute approximate surface area is 131 Å². The van der Waals surface area contributed by atoms with Crippen LogP contribution in [-0.4, -0.2) is 17.2 Å². The van der Waals surface area contributed by atoms with E-state index in [-0.39, 0.29) is 5.54 Å². The quantitative estimate of drug-likeness (QED) is 0.900. The predicted octanol–water partition coefficient (Wildman–Crippen LogP) is 4.09. The molecule has 0 saturated carbocycles. The van der Waals surface area contributed by atoms with E-state index in [0.717, 1.165) is 29.4 Å². The number of hydrogen-bond donors (Lipinski definition) is 1. The van der Waals surface area contributed by atoms with Crippen molar-refractivity contribution in [2.45, 2.75) is 39.4 Å². The van der Waals surface area contributed by atoms with Crippen LogP contribution >= 0.6 is 11.6 Å². The van der Waals surface area contributed by atoms with E-state index < -0.39 is 0 Å². The third-order valence-electron chi connectivity index (χ3n) is 3.31. The standard InChI is InChI=1S/C17H23ClN2O/c1-17(2,3)19-11-15-6-5-9-20(15)12-13-10-14(18)7-8-16(13)21-4/h5-10,19H,11-12H2,1-4H3.